The van der Waals surface area contributed by atoms with Crippen LogP contribution < -0.4 is 0 Å². The Morgan fingerprint density at radius 3 is 2.72 bits per heavy atom. The molecule has 7 nitrogen and oxygen atoms in total. The lowest BCUT2D eigenvalue weighted by Gasteiger charge is -2.31. The molecule has 1 aliphatic heterocycles. The number of rotatable bonds is 3. The van der Waals surface area contributed by atoms with Crippen LogP contribution in [0.5, 0.6) is 0 Å². The van der Waals surface area contributed by atoms with E-state index in [9.17, 15) is 4.79 Å². The summed E-state index contributed by atoms with van der Waals surface area (Å²) in [6, 6.07) is 7.26. The maximum Gasteiger partial charge on any atom is 0.255 e. The molecule has 4 rings (SSSR count). The number of carbonyl (C=O) groups is 1. The fourth-order valence-corrected chi connectivity index (χ4v) is 3.04. The first-order valence-electron chi connectivity index (χ1n) is 8.24. The van der Waals surface area contributed by atoms with Crippen LogP contribution in [-0.4, -0.2) is 44.1 Å². The highest BCUT2D eigenvalue weighted by molar-refractivity contribution is 5.93. The van der Waals surface area contributed by atoms with Crippen molar-refractivity contribution in [2.75, 3.05) is 13.1 Å². The number of carbonyl (C=O) groups excluding carboxylic acids is 1. The molecule has 0 saturated carbocycles. The fraction of sp³-hybridized carbons (Fsp3) is 0.278. The minimum absolute atomic E-state index is 0.00945. The largest absolute Gasteiger partial charge is 0.420 e. The number of hydrogen-bond acceptors (Lipinski definition) is 6. The molecule has 4 heterocycles. The predicted octanol–water partition coefficient (Wildman–Crippen LogP) is 2.55. The van der Waals surface area contributed by atoms with Gasteiger partial charge >= 0.3 is 0 Å². The number of hydrogen-bond donors (Lipinski definition) is 0. The average Bonchev–Trinajstić information content (AvgIpc) is 3.19. The predicted molar refractivity (Wildman–Crippen MR) is 89.6 cm³/mol. The lowest BCUT2D eigenvalue weighted by Crippen LogP contribution is -2.39. The Bertz CT molecular complexity index is 850. The molecule has 1 atom stereocenters. The number of piperidine rings is 1. The molecule has 0 bridgehead atoms. The molecule has 1 amide bonds. The van der Waals surface area contributed by atoms with Gasteiger partial charge in [-0.1, -0.05) is 0 Å². The van der Waals surface area contributed by atoms with E-state index in [-0.39, 0.29) is 11.8 Å². The molecule has 126 valence electrons. The van der Waals surface area contributed by atoms with Crippen LogP contribution in [0, 0.1) is 0 Å². The lowest BCUT2D eigenvalue weighted by molar-refractivity contribution is 0.0698. The van der Waals surface area contributed by atoms with E-state index in [1.807, 2.05) is 17.0 Å². The quantitative estimate of drug-likeness (QED) is 0.731. The van der Waals surface area contributed by atoms with Crippen LogP contribution in [-0.2, 0) is 0 Å². The van der Waals surface area contributed by atoms with E-state index in [4.69, 9.17) is 4.42 Å². The van der Waals surface area contributed by atoms with Crippen LogP contribution in [0.15, 0.2) is 53.5 Å². The van der Waals surface area contributed by atoms with Gasteiger partial charge in [-0.2, -0.15) is 0 Å². The van der Waals surface area contributed by atoms with Gasteiger partial charge in [-0.3, -0.25) is 14.8 Å². The first-order valence-corrected chi connectivity index (χ1v) is 8.24. The van der Waals surface area contributed by atoms with Crippen molar-refractivity contribution < 1.29 is 9.21 Å². The maximum absolute atomic E-state index is 12.6. The third-order valence-corrected chi connectivity index (χ3v) is 4.32. The smallest absolute Gasteiger partial charge is 0.255 e. The Labute approximate surface area is 144 Å². The van der Waals surface area contributed by atoms with Crippen LogP contribution >= 0.6 is 0 Å². The monoisotopic (exact) mass is 335 g/mol. The highest BCUT2D eigenvalue weighted by atomic mass is 16.4. The summed E-state index contributed by atoms with van der Waals surface area (Å²) in [5, 5.41) is 8.31. The van der Waals surface area contributed by atoms with Gasteiger partial charge in [-0.15, -0.1) is 10.2 Å². The molecule has 3 aromatic heterocycles. The van der Waals surface area contributed by atoms with Gasteiger partial charge in [-0.05, 0) is 37.1 Å². The molecule has 0 aromatic carbocycles. The first kappa shape index (κ1) is 15.4. The molecule has 0 spiro atoms. The molecule has 3 aromatic rings. The highest BCUT2D eigenvalue weighted by Crippen LogP contribution is 2.28. The summed E-state index contributed by atoms with van der Waals surface area (Å²) in [5.41, 5.74) is 1.39. The minimum atomic E-state index is -0.00945. The Morgan fingerprint density at radius 2 is 1.96 bits per heavy atom. The van der Waals surface area contributed by atoms with E-state index in [0.717, 1.165) is 24.9 Å². The molecule has 0 radical (unpaired) electrons. The summed E-state index contributed by atoms with van der Waals surface area (Å²) in [7, 11) is 0. The van der Waals surface area contributed by atoms with E-state index < -0.39 is 0 Å². The Balaban J connectivity index is 1.50. The van der Waals surface area contributed by atoms with E-state index in [1.54, 1.807) is 36.9 Å². The van der Waals surface area contributed by atoms with Crippen LogP contribution in [0.1, 0.15) is 35.0 Å². The lowest BCUT2D eigenvalue weighted by atomic mass is 9.97. The van der Waals surface area contributed by atoms with Gasteiger partial charge in [0.05, 0.1) is 17.0 Å². The second-order valence-electron chi connectivity index (χ2n) is 6.02. The van der Waals surface area contributed by atoms with Crippen molar-refractivity contribution in [3.8, 4) is 11.5 Å². The maximum atomic E-state index is 12.6. The molecular weight excluding hydrogens is 318 g/mol. The second-order valence-corrected chi connectivity index (χ2v) is 6.02. The number of aromatic nitrogens is 4. The Kier molecular flexibility index (Phi) is 4.20. The number of amides is 1. The van der Waals surface area contributed by atoms with Gasteiger partial charge in [0.1, 0.15) is 0 Å². The van der Waals surface area contributed by atoms with Crippen molar-refractivity contribution in [2.24, 2.45) is 0 Å². The standard InChI is InChI=1S/C18H17N5O2/c24-18(14-5-2-8-20-11-14)23-9-3-6-15(12-23)17-22-21-16(25-17)13-4-1-7-19-10-13/h1-2,4-5,7-8,10-11,15H,3,6,9,12H2/t15-/m0/s1. The fourth-order valence-electron chi connectivity index (χ4n) is 3.04. The first-order chi connectivity index (χ1) is 12.3. The summed E-state index contributed by atoms with van der Waals surface area (Å²) in [6.07, 6.45) is 8.47. The van der Waals surface area contributed by atoms with Crippen molar-refractivity contribution >= 4 is 5.91 Å². The van der Waals surface area contributed by atoms with Crippen LogP contribution in [0.25, 0.3) is 11.5 Å². The normalized spacial score (nSPS) is 17.4. The number of nitrogens with zero attached hydrogens (tertiary/aromatic N) is 5. The number of likely N-dealkylation sites (tertiary alicyclic amines) is 1. The zero-order chi connectivity index (χ0) is 17.1. The van der Waals surface area contributed by atoms with Gasteiger partial charge in [0, 0.05) is 37.9 Å². The summed E-state index contributed by atoms with van der Waals surface area (Å²) in [6.45, 7) is 1.30. The van der Waals surface area contributed by atoms with Crippen molar-refractivity contribution in [3.63, 3.8) is 0 Å². The van der Waals surface area contributed by atoms with E-state index in [1.165, 1.54) is 0 Å². The van der Waals surface area contributed by atoms with Crippen LogP contribution in [0.2, 0.25) is 0 Å². The summed E-state index contributed by atoms with van der Waals surface area (Å²) < 4.78 is 5.83. The van der Waals surface area contributed by atoms with Gasteiger partial charge in [0.2, 0.25) is 11.8 Å². The molecule has 0 unspecified atom stereocenters. The summed E-state index contributed by atoms with van der Waals surface area (Å²) >= 11 is 0. The molecule has 0 aliphatic carbocycles. The Morgan fingerprint density at radius 1 is 1.12 bits per heavy atom. The average molecular weight is 335 g/mol. The van der Waals surface area contributed by atoms with Crippen molar-refractivity contribution in [1.82, 2.24) is 25.1 Å². The van der Waals surface area contributed by atoms with Crippen molar-refractivity contribution in [2.45, 2.75) is 18.8 Å². The third-order valence-electron chi connectivity index (χ3n) is 4.32. The second kappa shape index (κ2) is 6.80. The third kappa shape index (κ3) is 3.26. The topological polar surface area (TPSA) is 85.0 Å². The molecule has 1 saturated heterocycles. The van der Waals surface area contributed by atoms with E-state index >= 15 is 0 Å². The zero-order valence-corrected chi connectivity index (χ0v) is 13.6. The number of pyridine rings is 2. The molecular formula is C18H17N5O2. The van der Waals surface area contributed by atoms with Crippen molar-refractivity contribution in [3.05, 3.63) is 60.5 Å². The SMILES string of the molecule is O=C(c1cccnc1)N1CCC[C@H](c2nnc(-c3cccnc3)o2)C1. The zero-order valence-electron chi connectivity index (χ0n) is 13.6. The van der Waals surface area contributed by atoms with E-state index in [2.05, 4.69) is 20.2 Å². The summed E-state index contributed by atoms with van der Waals surface area (Å²) in [5.74, 6) is 1.07. The van der Waals surface area contributed by atoms with Gasteiger partial charge in [-0.25, -0.2) is 0 Å². The highest BCUT2D eigenvalue weighted by Gasteiger charge is 2.29. The molecule has 1 fully saturated rings. The summed E-state index contributed by atoms with van der Waals surface area (Å²) in [4.78, 5) is 22.5. The minimum Gasteiger partial charge on any atom is -0.420 e. The molecule has 1 aliphatic rings. The molecule has 0 N–H and O–H groups in total. The van der Waals surface area contributed by atoms with Gasteiger partial charge < -0.3 is 9.32 Å². The van der Waals surface area contributed by atoms with Gasteiger partial charge in [0.15, 0.2) is 0 Å². The van der Waals surface area contributed by atoms with E-state index in [0.29, 0.717) is 23.9 Å². The molecule has 7 heteroatoms. The van der Waals surface area contributed by atoms with Gasteiger partial charge in [0.25, 0.3) is 5.91 Å². The van der Waals surface area contributed by atoms with Crippen LogP contribution in [0.4, 0.5) is 0 Å². The van der Waals surface area contributed by atoms with Crippen LogP contribution in [0.3, 0.4) is 0 Å². The Hall–Kier alpha value is -3.09. The van der Waals surface area contributed by atoms with Crippen molar-refractivity contribution in [1.29, 1.82) is 0 Å². The molecule has 25 heavy (non-hydrogen) atoms.